The van der Waals surface area contributed by atoms with E-state index in [0.717, 1.165) is 37.7 Å². The van der Waals surface area contributed by atoms with Crippen LogP contribution in [0.25, 0.3) is 0 Å². The van der Waals surface area contributed by atoms with Gasteiger partial charge in [0.2, 0.25) is 0 Å². The molecule has 0 saturated heterocycles. The molecule has 0 aliphatic heterocycles. The van der Waals surface area contributed by atoms with Crippen molar-refractivity contribution in [2.45, 2.75) is 97.3 Å². The highest BCUT2D eigenvalue weighted by atomic mass is 16.4. The van der Waals surface area contributed by atoms with Gasteiger partial charge in [0.05, 0.1) is 0 Å². The number of rotatable bonds is 14. The van der Waals surface area contributed by atoms with Gasteiger partial charge in [0.1, 0.15) is 0 Å². The molecule has 0 radical (unpaired) electrons. The first-order valence-corrected chi connectivity index (χ1v) is 8.63. The van der Waals surface area contributed by atoms with Gasteiger partial charge in [-0.3, -0.25) is 0 Å². The Morgan fingerprint density at radius 2 is 1.20 bits per heavy atom. The van der Waals surface area contributed by atoms with E-state index in [2.05, 4.69) is 13.8 Å². The van der Waals surface area contributed by atoms with Crippen LogP contribution < -0.4 is 0 Å². The van der Waals surface area contributed by atoms with Crippen LogP contribution >= 0.6 is 0 Å². The molecule has 0 aliphatic rings. The normalized spacial score (nSPS) is 11.8. The van der Waals surface area contributed by atoms with Gasteiger partial charge in [0.25, 0.3) is 0 Å². The standard InChI is InChI=1S/C18H34O2/c1-3-5-7-8-9-10-11-12-13-15-17(14-6-4-2)16-18(19)20/h16H,3-15H2,1-2H3,(H,19,20). The minimum absolute atomic E-state index is 0.785. The van der Waals surface area contributed by atoms with Gasteiger partial charge in [-0.05, 0) is 25.7 Å². The molecule has 0 spiro atoms. The fourth-order valence-electron chi connectivity index (χ4n) is 2.51. The summed E-state index contributed by atoms with van der Waals surface area (Å²) in [4.78, 5) is 10.8. The van der Waals surface area contributed by atoms with Crippen molar-refractivity contribution in [2.75, 3.05) is 0 Å². The molecular formula is C18H34O2. The van der Waals surface area contributed by atoms with E-state index in [1.165, 1.54) is 57.4 Å². The second-order valence-electron chi connectivity index (χ2n) is 5.82. The molecule has 0 fully saturated rings. The first-order chi connectivity index (χ1) is 9.70. The van der Waals surface area contributed by atoms with Crippen molar-refractivity contribution in [1.82, 2.24) is 0 Å². The summed E-state index contributed by atoms with van der Waals surface area (Å²) in [6, 6.07) is 0. The molecule has 118 valence electrons. The third kappa shape index (κ3) is 13.6. The van der Waals surface area contributed by atoms with E-state index >= 15 is 0 Å². The number of carbonyl (C=O) groups is 1. The van der Waals surface area contributed by atoms with Crippen LogP contribution in [0.15, 0.2) is 11.6 Å². The number of carboxylic acid groups (broad SMARTS) is 1. The summed E-state index contributed by atoms with van der Waals surface area (Å²) >= 11 is 0. The lowest BCUT2D eigenvalue weighted by molar-refractivity contribution is -0.131. The maximum atomic E-state index is 10.8. The largest absolute Gasteiger partial charge is 0.478 e. The Hall–Kier alpha value is -0.790. The lowest BCUT2D eigenvalue weighted by Crippen LogP contribution is -1.94. The third-order valence-corrected chi connectivity index (χ3v) is 3.78. The summed E-state index contributed by atoms with van der Waals surface area (Å²) in [6.45, 7) is 4.40. The van der Waals surface area contributed by atoms with E-state index in [4.69, 9.17) is 5.11 Å². The van der Waals surface area contributed by atoms with Gasteiger partial charge in [-0.1, -0.05) is 77.2 Å². The molecule has 0 aromatic carbocycles. The SMILES string of the molecule is CCCCCCCCCCCC(=CC(=O)O)CCCC. The first kappa shape index (κ1) is 19.2. The summed E-state index contributed by atoms with van der Waals surface area (Å²) in [5, 5.41) is 8.85. The minimum Gasteiger partial charge on any atom is -0.478 e. The Labute approximate surface area is 125 Å². The Balaban J connectivity index is 3.56. The molecule has 0 amide bonds. The molecule has 2 nitrogen and oxygen atoms in total. The molecule has 2 heteroatoms. The van der Waals surface area contributed by atoms with Crippen molar-refractivity contribution in [1.29, 1.82) is 0 Å². The summed E-state index contributed by atoms with van der Waals surface area (Å²) in [5.41, 5.74) is 1.13. The second kappa shape index (κ2) is 14.6. The van der Waals surface area contributed by atoms with E-state index in [9.17, 15) is 4.79 Å². The number of unbranched alkanes of at least 4 members (excludes halogenated alkanes) is 9. The van der Waals surface area contributed by atoms with Gasteiger partial charge >= 0.3 is 5.97 Å². The quantitative estimate of drug-likeness (QED) is 0.308. The van der Waals surface area contributed by atoms with Crippen LogP contribution in [0.2, 0.25) is 0 Å². The van der Waals surface area contributed by atoms with Crippen LogP contribution in [-0.2, 0) is 4.79 Å². The maximum absolute atomic E-state index is 10.8. The van der Waals surface area contributed by atoms with Gasteiger partial charge in [-0.2, -0.15) is 0 Å². The van der Waals surface area contributed by atoms with Crippen LogP contribution in [0, 0.1) is 0 Å². The van der Waals surface area contributed by atoms with Crippen molar-refractivity contribution in [3.05, 3.63) is 11.6 Å². The van der Waals surface area contributed by atoms with Gasteiger partial charge in [-0.15, -0.1) is 0 Å². The first-order valence-electron chi connectivity index (χ1n) is 8.63. The number of allylic oxidation sites excluding steroid dienone is 1. The summed E-state index contributed by atoms with van der Waals surface area (Å²) in [6.07, 6.45) is 17.5. The average molecular weight is 282 g/mol. The van der Waals surface area contributed by atoms with Crippen LogP contribution in [0.1, 0.15) is 97.3 Å². The Bertz CT molecular complexity index is 256. The molecule has 0 aliphatic carbocycles. The van der Waals surface area contributed by atoms with Gasteiger partial charge < -0.3 is 5.11 Å². The predicted molar refractivity (Wildman–Crippen MR) is 87.1 cm³/mol. The van der Waals surface area contributed by atoms with Crippen molar-refractivity contribution in [3.63, 3.8) is 0 Å². The minimum atomic E-state index is -0.785. The average Bonchev–Trinajstić information content (AvgIpc) is 2.42. The molecule has 0 atom stereocenters. The fraction of sp³-hybridized carbons (Fsp3) is 0.833. The highest BCUT2D eigenvalue weighted by Gasteiger charge is 2.01. The highest BCUT2D eigenvalue weighted by Crippen LogP contribution is 2.17. The predicted octanol–water partition coefficient (Wildman–Crippen LogP) is 6.11. The highest BCUT2D eigenvalue weighted by molar-refractivity contribution is 5.80. The number of aliphatic carboxylic acids is 1. The lowest BCUT2D eigenvalue weighted by Gasteiger charge is -2.06. The molecule has 0 heterocycles. The summed E-state index contributed by atoms with van der Waals surface area (Å²) < 4.78 is 0. The zero-order valence-electron chi connectivity index (χ0n) is 13.6. The summed E-state index contributed by atoms with van der Waals surface area (Å²) in [5.74, 6) is -0.785. The maximum Gasteiger partial charge on any atom is 0.328 e. The molecule has 0 aromatic heterocycles. The second-order valence-corrected chi connectivity index (χ2v) is 5.82. The third-order valence-electron chi connectivity index (χ3n) is 3.78. The van der Waals surface area contributed by atoms with E-state index < -0.39 is 5.97 Å². The molecule has 1 N–H and O–H groups in total. The van der Waals surface area contributed by atoms with Crippen LogP contribution in [-0.4, -0.2) is 11.1 Å². The number of hydrogen-bond acceptors (Lipinski definition) is 1. The molecular weight excluding hydrogens is 248 g/mol. The van der Waals surface area contributed by atoms with Gasteiger partial charge in [0.15, 0.2) is 0 Å². The van der Waals surface area contributed by atoms with Gasteiger partial charge in [0, 0.05) is 6.08 Å². The van der Waals surface area contributed by atoms with Crippen molar-refractivity contribution < 1.29 is 9.90 Å². The zero-order valence-corrected chi connectivity index (χ0v) is 13.6. The zero-order chi connectivity index (χ0) is 15.1. The van der Waals surface area contributed by atoms with Crippen molar-refractivity contribution in [2.24, 2.45) is 0 Å². The van der Waals surface area contributed by atoms with Crippen LogP contribution in [0.4, 0.5) is 0 Å². The fourth-order valence-corrected chi connectivity index (χ4v) is 2.51. The monoisotopic (exact) mass is 282 g/mol. The van der Waals surface area contributed by atoms with Crippen LogP contribution in [0.5, 0.6) is 0 Å². The topological polar surface area (TPSA) is 37.3 Å². The van der Waals surface area contributed by atoms with Crippen molar-refractivity contribution in [3.8, 4) is 0 Å². The van der Waals surface area contributed by atoms with E-state index in [1.807, 2.05) is 0 Å². The molecule has 20 heavy (non-hydrogen) atoms. The molecule has 0 rings (SSSR count). The van der Waals surface area contributed by atoms with E-state index in [1.54, 1.807) is 0 Å². The Morgan fingerprint density at radius 3 is 1.70 bits per heavy atom. The molecule has 0 aromatic rings. The molecule has 0 saturated carbocycles. The Kier molecular flexibility index (Phi) is 14.0. The van der Waals surface area contributed by atoms with E-state index in [0.29, 0.717) is 0 Å². The van der Waals surface area contributed by atoms with Crippen molar-refractivity contribution >= 4 is 5.97 Å². The lowest BCUT2D eigenvalue weighted by atomic mass is 10.0. The number of carboxylic acids is 1. The number of hydrogen-bond donors (Lipinski definition) is 1. The van der Waals surface area contributed by atoms with E-state index in [-0.39, 0.29) is 0 Å². The Morgan fingerprint density at radius 1 is 0.750 bits per heavy atom. The van der Waals surface area contributed by atoms with Gasteiger partial charge in [-0.25, -0.2) is 4.79 Å². The van der Waals surface area contributed by atoms with Crippen LogP contribution in [0.3, 0.4) is 0 Å². The summed E-state index contributed by atoms with van der Waals surface area (Å²) in [7, 11) is 0. The molecule has 0 unspecified atom stereocenters. The molecule has 0 bridgehead atoms. The smallest absolute Gasteiger partial charge is 0.328 e.